The van der Waals surface area contributed by atoms with Gasteiger partial charge in [0.05, 0.1) is 24.0 Å². The Morgan fingerprint density at radius 2 is 1.55 bits per heavy atom. The highest BCUT2D eigenvalue weighted by atomic mass is 19.4. The highest BCUT2D eigenvalue weighted by Gasteiger charge is 2.59. The van der Waals surface area contributed by atoms with Crippen LogP contribution in [0.25, 0.3) is 0 Å². The molecule has 2 saturated carbocycles. The van der Waals surface area contributed by atoms with E-state index in [1.54, 1.807) is 6.07 Å². The van der Waals surface area contributed by atoms with Crippen LogP contribution in [0.4, 0.5) is 18.9 Å². The lowest BCUT2D eigenvalue weighted by Crippen LogP contribution is -2.52. The van der Waals surface area contributed by atoms with E-state index in [0.29, 0.717) is 32.0 Å². The van der Waals surface area contributed by atoms with Crippen LogP contribution in [0.5, 0.6) is 11.5 Å². The molecule has 3 fully saturated rings. The summed E-state index contributed by atoms with van der Waals surface area (Å²) in [6, 6.07) is 30.7. The van der Waals surface area contributed by atoms with Crippen molar-refractivity contribution < 1.29 is 32.2 Å². The first-order valence-electron chi connectivity index (χ1n) is 21.5. The zero-order chi connectivity index (χ0) is 40.1. The van der Waals surface area contributed by atoms with Crippen LogP contribution in [0.2, 0.25) is 0 Å². The van der Waals surface area contributed by atoms with Gasteiger partial charge in [-0.15, -0.1) is 0 Å². The molecule has 4 aliphatic rings. The molecule has 4 aromatic carbocycles. The Bertz CT molecular complexity index is 1990. The Morgan fingerprint density at radius 3 is 2.29 bits per heavy atom. The summed E-state index contributed by atoms with van der Waals surface area (Å²) in [5.41, 5.74) is 3.29. The average Bonchev–Trinajstić information content (AvgIpc) is 3.57. The summed E-state index contributed by atoms with van der Waals surface area (Å²) in [7, 11) is 0. The third-order valence-electron chi connectivity index (χ3n) is 13.5. The molecular weight excluding hydrogens is 738 g/mol. The number of nitrogens with one attached hydrogen (secondary N) is 1. The molecule has 308 valence electrons. The quantitative estimate of drug-likeness (QED) is 0.129. The van der Waals surface area contributed by atoms with E-state index in [-0.39, 0.29) is 47.3 Å². The van der Waals surface area contributed by atoms with Crippen LogP contribution in [0.15, 0.2) is 97.1 Å². The number of amides is 1. The molecule has 58 heavy (non-hydrogen) atoms. The molecule has 1 heterocycles. The number of anilines is 1. The molecule has 1 saturated heterocycles. The highest BCUT2D eigenvalue weighted by Crippen LogP contribution is 2.62. The molecule has 8 rings (SSSR count). The fourth-order valence-corrected chi connectivity index (χ4v) is 10.7. The zero-order valence-corrected chi connectivity index (χ0v) is 33.7. The number of piperidine rings is 1. The lowest BCUT2D eigenvalue weighted by molar-refractivity contribution is -0.137. The lowest BCUT2D eigenvalue weighted by Gasteiger charge is -2.53. The summed E-state index contributed by atoms with van der Waals surface area (Å²) in [6.07, 6.45) is 4.75. The number of alkyl halides is 3. The second kappa shape index (κ2) is 17.9. The van der Waals surface area contributed by atoms with Gasteiger partial charge in [-0.05, 0) is 142 Å². The molecule has 1 N–H and O–H groups in total. The number of carbonyl (C=O) groups excluding carboxylic acids is 1. The Morgan fingerprint density at radius 1 is 0.828 bits per heavy atom. The van der Waals surface area contributed by atoms with E-state index in [2.05, 4.69) is 41.4 Å². The summed E-state index contributed by atoms with van der Waals surface area (Å²) in [5.74, 6) is 1.24. The third-order valence-corrected chi connectivity index (χ3v) is 13.5. The minimum Gasteiger partial charge on any atom is -0.490 e. The van der Waals surface area contributed by atoms with Crippen LogP contribution >= 0.6 is 0 Å². The molecule has 6 atom stereocenters. The number of unbranched alkanes of at least 4 members (excludes halogenated alkanes) is 1. The second-order valence-corrected chi connectivity index (χ2v) is 17.3. The standard InChI is InChI=1S/C49H57F3N2O4/c1-48-31-44(58-38-20-24-43(42(30-38)49(50,51)52)53-46(55)17-9-12-28-54-26-10-4-11-27-54)47-39-22-19-37(56-32-34-13-5-2-6-14-34)29-36(39)18-21-40(47)41(48)23-25-45(48)57-33-35-15-7-3-8-16-35/h2-3,5-8,13-16,19-20,22,24,29-30,40-41,44-45,47H,4,9-12,17-18,21,23,25-28,31-33H2,1H3,(H,53,55)/t40-,41-,44-,45-,47+,48-/m0/s1. The molecule has 0 bridgehead atoms. The lowest BCUT2D eigenvalue weighted by atomic mass is 9.54. The zero-order valence-electron chi connectivity index (χ0n) is 33.7. The first kappa shape index (κ1) is 40.4. The molecule has 9 heteroatoms. The largest absolute Gasteiger partial charge is 0.490 e. The SMILES string of the molecule is C[C@]12C[C@H](Oc3ccc(NC(=O)CCCCN4CCCCC4)c(C(F)(F)F)c3)[C@@H]3c4ccc(OCc5ccccc5)cc4CC[C@H]3[C@@H]1CC[C@@H]2OCc1ccccc1. The maximum atomic E-state index is 14.7. The Labute approximate surface area is 341 Å². The van der Waals surface area contributed by atoms with Gasteiger partial charge in [-0.25, -0.2) is 0 Å². The van der Waals surface area contributed by atoms with Gasteiger partial charge < -0.3 is 24.4 Å². The fourth-order valence-electron chi connectivity index (χ4n) is 10.7. The topological polar surface area (TPSA) is 60.0 Å². The first-order chi connectivity index (χ1) is 28.1. The van der Waals surface area contributed by atoms with Gasteiger partial charge in [0.1, 0.15) is 24.2 Å². The maximum Gasteiger partial charge on any atom is 0.418 e. The van der Waals surface area contributed by atoms with Crippen LogP contribution in [0, 0.1) is 17.3 Å². The van der Waals surface area contributed by atoms with E-state index in [1.807, 2.05) is 54.6 Å². The number of halogens is 3. The van der Waals surface area contributed by atoms with Crippen molar-refractivity contribution in [2.24, 2.45) is 17.3 Å². The van der Waals surface area contributed by atoms with E-state index in [4.69, 9.17) is 14.2 Å². The van der Waals surface area contributed by atoms with Gasteiger partial charge in [0.2, 0.25) is 5.91 Å². The summed E-state index contributed by atoms with van der Waals surface area (Å²) < 4.78 is 63.9. The van der Waals surface area contributed by atoms with Crippen LogP contribution in [-0.4, -0.2) is 42.6 Å². The van der Waals surface area contributed by atoms with Crippen molar-refractivity contribution in [1.29, 1.82) is 0 Å². The number of hydrogen-bond acceptors (Lipinski definition) is 5. The maximum absolute atomic E-state index is 14.7. The summed E-state index contributed by atoms with van der Waals surface area (Å²) >= 11 is 0. The predicted octanol–water partition coefficient (Wildman–Crippen LogP) is 11.4. The third kappa shape index (κ3) is 9.26. The number of nitrogens with zero attached hydrogens (tertiary/aromatic N) is 1. The molecule has 0 radical (unpaired) electrons. The van der Waals surface area contributed by atoms with Crippen LogP contribution < -0.4 is 14.8 Å². The normalized spacial score (nSPS) is 25.6. The van der Waals surface area contributed by atoms with Crippen LogP contribution in [-0.2, 0) is 35.3 Å². The molecule has 0 spiro atoms. The van der Waals surface area contributed by atoms with Gasteiger partial charge in [-0.1, -0.05) is 80.1 Å². The number of likely N-dealkylation sites (tertiary alicyclic amines) is 1. The summed E-state index contributed by atoms with van der Waals surface area (Å²) in [6.45, 7) is 6.38. The van der Waals surface area contributed by atoms with Gasteiger partial charge in [0.25, 0.3) is 0 Å². The molecular formula is C49H57F3N2O4. The number of fused-ring (bicyclic) bond motifs is 5. The molecule has 0 aromatic heterocycles. The summed E-state index contributed by atoms with van der Waals surface area (Å²) in [5, 5.41) is 2.58. The van der Waals surface area contributed by atoms with Crippen LogP contribution in [0.3, 0.4) is 0 Å². The molecule has 1 aliphatic heterocycles. The van der Waals surface area contributed by atoms with E-state index < -0.39 is 17.6 Å². The minimum absolute atomic E-state index is 0.00286. The van der Waals surface area contributed by atoms with E-state index in [9.17, 15) is 18.0 Å². The van der Waals surface area contributed by atoms with Crippen molar-refractivity contribution >= 4 is 11.6 Å². The van der Waals surface area contributed by atoms with Gasteiger partial charge in [-0.3, -0.25) is 4.79 Å². The van der Waals surface area contributed by atoms with Crippen molar-refractivity contribution in [3.05, 3.63) is 125 Å². The van der Waals surface area contributed by atoms with Crippen LogP contribution in [0.1, 0.15) is 105 Å². The van der Waals surface area contributed by atoms with Crippen molar-refractivity contribution in [2.45, 2.75) is 115 Å². The minimum atomic E-state index is -4.68. The molecule has 0 unspecified atom stereocenters. The van der Waals surface area contributed by atoms with Gasteiger partial charge in [0, 0.05) is 17.8 Å². The van der Waals surface area contributed by atoms with E-state index >= 15 is 0 Å². The van der Waals surface area contributed by atoms with E-state index in [0.717, 1.165) is 74.7 Å². The Balaban J connectivity index is 1.03. The Kier molecular flexibility index (Phi) is 12.5. The highest BCUT2D eigenvalue weighted by molar-refractivity contribution is 5.91. The number of aryl methyl sites for hydroxylation is 1. The number of carbonyl (C=O) groups is 1. The average molecular weight is 795 g/mol. The first-order valence-corrected chi connectivity index (χ1v) is 21.5. The van der Waals surface area contributed by atoms with E-state index in [1.165, 1.54) is 36.5 Å². The van der Waals surface area contributed by atoms with Crippen molar-refractivity contribution in [1.82, 2.24) is 4.90 Å². The molecule has 3 aliphatic carbocycles. The number of ether oxygens (including phenoxy) is 3. The smallest absolute Gasteiger partial charge is 0.418 e. The summed E-state index contributed by atoms with van der Waals surface area (Å²) in [4.78, 5) is 15.3. The number of benzene rings is 4. The van der Waals surface area contributed by atoms with Gasteiger partial charge in [-0.2, -0.15) is 13.2 Å². The number of hydrogen-bond donors (Lipinski definition) is 1. The monoisotopic (exact) mass is 794 g/mol. The fraction of sp³-hybridized carbons (Fsp3) is 0.490. The second-order valence-electron chi connectivity index (χ2n) is 17.3. The van der Waals surface area contributed by atoms with Gasteiger partial charge in [0.15, 0.2) is 0 Å². The van der Waals surface area contributed by atoms with Crippen molar-refractivity contribution in [3.63, 3.8) is 0 Å². The Hall–Kier alpha value is -4.34. The molecule has 6 nitrogen and oxygen atoms in total. The molecule has 4 aromatic rings. The van der Waals surface area contributed by atoms with Crippen molar-refractivity contribution in [2.75, 3.05) is 25.0 Å². The molecule has 1 amide bonds. The predicted molar refractivity (Wildman–Crippen MR) is 221 cm³/mol. The number of rotatable bonds is 14. The van der Waals surface area contributed by atoms with Crippen molar-refractivity contribution in [3.8, 4) is 11.5 Å². The van der Waals surface area contributed by atoms with Gasteiger partial charge >= 0.3 is 6.18 Å².